The number of nitrogens with zero attached hydrogens (tertiary/aromatic N) is 2. The zero-order valence-corrected chi connectivity index (χ0v) is 10.6. The maximum atomic E-state index is 9.08. The lowest BCUT2D eigenvalue weighted by Gasteiger charge is -1.95. The Labute approximate surface area is 106 Å². The lowest BCUT2D eigenvalue weighted by molar-refractivity contribution is 1.28. The summed E-state index contributed by atoms with van der Waals surface area (Å²) >= 11 is 4.99. The summed E-state index contributed by atoms with van der Waals surface area (Å²) in [5, 5.41) is 11.1. The van der Waals surface area contributed by atoms with E-state index in [4.69, 9.17) is 5.26 Å². The van der Waals surface area contributed by atoms with Crippen LogP contribution in [0.4, 0.5) is 0 Å². The van der Waals surface area contributed by atoms with Crippen LogP contribution in [0.1, 0.15) is 11.3 Å². The van der Waals surface area contributed by atoms with E-state index >= 15 is 0 Å². The predicted molar refractivity (Wildman–Crippen MR) is 69.7 cm³/mol. The van der Waals surface area contributed by atoms with Crippen LogP contribution in [0.3, 0.4) is 0 Å². The van der Waals surface area contributed by atoms with Crippen LogP contribution in [-0.4, -0.2) is 4.98 Å². The number of thiophene rings is 1. The van der Waals surface area contributed by atoms with Crippen LogP contribution < -0.4 is 0 Å². The first-order valence-corrected chi connectivity index (χ1v) is 6.24. The third-order valence-corrected chi connectivity index (χ3v) is 3.48. The van der Waals surface area contributed by atoms with Crippen molar-refractivity contribution in [2.24, 2.45) is 0 Å². The lowest BCUT2D eigenvalue weighted by atomic mass is 10.1. The van der Waals surface area contributed by atoms with Gasteiger partial charge in [0.2, 0.25) is 0 Å². The number of allylic oxidation sites excluding steroid dienone is 1. The summed E-state index contributed by atoms with van der Waals surface area (Å²) < 4.78 is 1.05. The Bertz CT molecular complexity index is 552. The molecule has 2 nitrogen and oxygen atoms in total. The number of halogens is 1. The standard InChI is InChI=1S/C12H7BrN2S/c13-12-6-9(8-16-12)5-10(7-14)11-3-1-2-4-15-11/h1-6,8H/b10-5+. The average molecular weight is 291 g/mol. The highest BCUT2D eigenvalue weighted by molar-refractivity contribution is 9.11. The van der Waals surface area contributed by atoms with Gasteiger partial charge in [-0.05, 0) is 51.1 Å². The molecule has 0 saturated carbocycles. The van der Waals surface area contributed by atoms with E-state index in [0.29, 0.717) is 11.3 Å². The van der Waals surface area contributed by atoms with Gasteiger partial charge in [-0.25, -0.2) is 0 Å². The number of rotatable bonds is 2. The van der Waals surface area contributed by atoms with Crippen molar-refractivity contribution in [3.05, 3.63) is 50.9 Å². The molecule has 2 heterocycles. The normalized spacial score (nSPS) is 11.1. The van der Waals surface area contributed by atoms with E-state index in [9.17, 15) is 0 Å². The smallest absolute Gasteiger partial charge is 0.101 e. The first-order chi connectivity index (χ1) is 7.79. The first-order valence-electron chi connectivity index (χ1n) is 4.57. The highest BCUT2D eigenvalue weighted by Gasteiger charge is 2.02. The Hall–Kier alpha value is -1.44. The molecule has 0 aliphatic heterocycles. The molecule has 0 radical (unpaired) electrons. The fourth-order valence-corrected chi connectivity index (χ4v) is 2.38. The van der Waals surface area contributed by atoms with Crippen molar-refractivity contribution in [2.75, 3.05) is 0 Å². The van der Waals surface area contributed by atoms with Gasteiger partial charge in [-0.15, -0.1) is 11.3 Å². The molecule has 0 aromatic carbocycles. The summed E-state index contributed by atoms with van der Waals surface area (Å²) in [6.07, 6.45) is 3.52. The van der Waals surface area contributed by atoms with E-state index in [1.807, 2.05) is 35.7 Å². The fourth-order valence-electron chi connectivity index (χ4n) is 1.25. The van der Waals surface area contributed by atoms with Crippen molar-refractivity contribution in [1.29, 1.82) is 5.26 Å². The molecule has 0 amide bonds. The molecule has 0 aliphatic rings. The topological polar surface area (TPSA) is 36.7 Å². The Morgan fingerprint density at radius 2 is 2.38 bits per heavy atom. The monoisotopic (exact) mass is 290 g/mol. The second kappa shape index (κ2) is 5.06. The summed E-state index contributed by atoms with van der Waals surface area (Å²) in [5.41, 5.74) is 2.29. The van der Waals surface area contributed by atoms with Gasteiger partial charge < -0.3 is 0 Å². The molecule has 4 heteroatoms. The summed E-state index contributed by atoms with van der Waals surface area (Å²) in [4.78, 5) is 4.15. The van der Waals surface area contributed by atoms with Crippen molar-refractivity contribution in [3.8, 4) is 6.07 Å². The Morgan fingerprint density at radius 3 is 2.94 bits per heavy atom. The molecule has 2 aromatic rings. The number of hydrogen-bond acceptors (Lipinski definition) is 3. The summed E-state index contributed by atoms with van der Waals surface area (Å²) in [6, 6.07) is 9.68. The first kappa shape index (κ1) is 11.1. The van der Waals surface area contributed by atoms with Crippen LogP contribution in [0, 0.1) is 11.3 Å². The molecule has 2 aromatic heterocycles. The van der Waals surface area contributed by atoms with Crippen molar-refractivity contribution in [3.63, 3.8) is 0 Å². The highest BCUT2D eigenvalue weighted by atomic mass is 79.9. The fraction of sp³-hybridized carbons (Fsp3) is 0. The third-order valence-electron chi connectivity index (χ3n) is 1.96. The van der Waals surface area contributed by atoms with Crippen LogP contribution in [0.25, 0.3) is 11.6 Å². The van der Waals surface area contributed by atoms with Crippen LogP contribution in [0.5, 0.6) is 0 Å². The van der Waals surface area contributed by atoms with Gasteiger partial charge in [0, 0.05) is 6.20 Å². The largest absolute Gasteiger partial charge is 0.256 e. The number of aromatic nitrogens is 1. The minimum absolute atomic E-state index is 0.575. The second-order valence-corrected chi connectivity index (χ2v) is 5.36. The van der Waals surface area contributed by atoms with Crippen LogP contribution in [0.15, 0.2) is 39.6 Å². The van der Waals surface area contributed by atoms with Gasteiger partial charge in [0.05, 0.1) is 15.1 Å². The molecule has 16 heavy (non-hydrogen) atoms. The van der Waals surface area contributed by atoms with E-state index in [1.54, 1.807) is 17.5 Å². The van der Waals surface area contributed by atoms with Gasteiger partial charge >= 0.3 is 0 Å². The van der Waals surface area contributed by atoms with Crippen molar-refractivity contribution in [2.45, 2.75) is 0 Å². The SMILES string of the molecule is N#C/C(=C\c1csc(Br)c1)c1ccccn1. The highest BCUT2D eigenvalue weighted by Crippen LogP contribution is 2.24. The zero-order valence-electron chi connectivity index (χ0n) is 8.22. The van der Waals surface area contributed by atoms with Gasteiger partial charge in [-0.2, -0.15) is 5.26 Å². The van der Waals surface area contributed by atoms with Crippen molar-refractivity contribution in [1.82, 2.24) is 4.98 Å². The number of pyridine rings is 1. The predicted octanol–water partition coefficient (Wildman–Crippen LogP) is 3.97. The average Bonchev–Trinajstić information content (AvgIpc) is 2.73. The van der Waals surface area contributed by atoms with Crippen LogP contribution >= 0.6 is 27.3 Å². The Kier molecular flexibility index (Phi) is 3.50. The van der Waals surface area contributed by atoms with E-state index in [2.05, 4.69) is 27.0 Å². The molecular formula is C12H7BrN2S. The minimum atomic E-state index is 0.575. The van der Waals surface area contributed by atoms with Gasteiger partial charge in [-0.3, -0.25) is 4.98 Å². The Morgan fingerprint density at radius 1 is 1.50 bits per heavy atom. The molecule has 0 bridgehead atoms. The van der Waals surface area contributed by atoms with Crippen LogP contribution in [-0.2, 0) is 0 Å². The molecule has 0 aliphatic carbocycles. The van der Waals surface area contributed by atoms with E-state index in [0.717, 1.165) is 9.35 Å². The summed E-state index contributed by atoms with van der Waals surface area (Å²) in [5.74, 6) is 0. The lowest BCUT2D eigenvalue weighted by Crippen LogP contribution is -1.84. The molecule has 0 atom stereocenters. The molecular weight excluding hydrogens is 284 g/mol. The van der Waals surface area contributed by atoms with Crippen molar-refractivity contribution >= 4 is 38.9 Å². The zero-order chi connectivity index (χ0) is 11.4. The second-order valence-electron chi connectivity index (χ2n) is 3.07. The molecule has 0 N–H and O–H groups in total. The van der Waals surface area contributed by atoms with Crippen LogP contribution in [0.2, 0.25) is 0 Å². The summed E-state index contributed by atoms with van der Waals surface area (Å²) in [7, 11) is 0. The number of hydrogen-bond donors (Lipinski definition) is 0. The Balaban J connectivity index is 2.38. The molecule has 0 fully saturated rings. The summed E-state index contributed by atoms with van der Waals surface area (Å²) in [6.45, 7) is 0. The van der Waals surface area contributed by atoms with Gasteiger partial charge in [0.25, 0.3) is 0 Å². The van der Waals surface area contributed by atoms with E-state index in [1.165, 1.54) is 0 Å². The van der Waals surface area contributed by atoms with E-state index in [-0.39, 0.29) is 0 Å². The quantitative estimate of drug-likeness (QED) is 0.785. The minimum Gasteiger partial charge on any atom is -0.256 e. The molecule has 0 saturated heterocycles. The molecule has 2 rings (SSSR count). The molecule has 0 spiro atoms. The third kappa shape index (κ3) is 2.57. The molecule has 0 unspecified atom stereocenters. The van der Waals surface area contributed by atoms with Gasteiger partial charge in [0.1, 0.15) is 6.07 Å². The maximum absolute atomic E-state index is 9.08. The van der Waals surface area contributed by atoms with Gasteiger partial charge in [-0.1, -0.05) is 6.07 Å². The molecule has 78 valence electrons. The van der Waals surface area contributed by atoms with Gasteiger partial charge in [0.15, 0.2) is 0 Å². The number of nitriles is 1. The van der Waals surface area contributed by atoms with Crippen molar-refractivity contribution < 1.29 is 0 Å². The van der Waals surface area contributed by atoms with E-state index < -0.39 is 0 Å². The maximum Gasteiger partial charge on any atom is 0.101 e.